The summed E-state index contributed by atoms with van der Waals surface area (Å²) in [5.41, 5.74) is 3.42. The average molecular weight is 486 g/mol. The van der Waals surface area contributed by atoms with E-state index in [1.165, 1.54) is 11.3 Å². The van der Waals surface area contributed by atoms with Crippen molar-refractivity contribution in [2.24, 2.45) is 0 Å². The summed E-state index contributed by atoms with van der Waals surface area (Å²) in [7, 11) is 0. The number of carbonyl (C=O) groups excluding carboxylic acids is 2. The van der Waals surface area contributed by atoms with E-state index in [4.69, 9.17) is 0 Å². The molecule has 0 saturated carbocycles. The van der Waals surface area contributed by atoms with Crippen molar-refractivity contribution < 1.29 is 9.59 Å². The lowest BCUT2D eigenvalue weighted by Crippen LogP contribution is -2.50. The van der Waals surface area contributed by atoms with Crippen molar-refractivity contribution in [2.75, 3.05) is 31.5 Å². The maximum absolute atomic E-state index is 13.0. The zero-order valence-corrected chi connectivity index (χ0v) is 19.2. The first-order valence-electron chi connectivity index (χ1n) is 11.0. The van der Waals surface area contributed by atoms with Gasteiger partial charge in [0.2, 0.25) is 5.65 Å². The standard InChI is InChI=1S/C23H19N9O2S/c33-22(30-10-12-31(13-11-30)23(34)21-24-9-14-35-21)15-5-7-16(8-6-15)25-19-20-27-28-29-32(20)18-4-2-1-3-17(18)26-19/h1-9,14H,10-13H2,(H,25,26). The molecule has 0 unspecified atom stereocenters. The SMILES string of the molecule is O=C(c1ccc(Nc2nc3ccccc3n3nnnc23)cc1)N1CCN(C(=O)c2nccs2)CC1. The highest BCUT2D eigenvalue weighted by Gasteiger charge is 2.26. The number of nitrogens with zero attached hydrogens (tertiary/aromatic N) is 8. The molecule has 0 bridgehead atoms. The Balaban J connectivity index is 1.14. The van der Waals surface area contributed by atoms with Crippen LogP contribution in [0.25, 0.3) is 16.7 Å². The summed E-state index contributed by atoms with van der Waals surface area (Å²) in [6.45, 7) is 1.93. The predicted octanol–water partition coefficient (Wildman–Crippen LogP) is 2.47. The number of benzene rings is 2. The smallest absolute Gasteiger partial charge is 0.282 e. The minimum absolute atomic E-state index is 0.0641. The number of amides is 2. The number of fused-ring (bicyclic) bond motifs is 3. The second-order valence-electron chi connectivity index (χ2n) is 7.99. The maximum Gasteiger partial charge on any atom is 0.282 e. The third kappa shape index (κ3) is 3.93. The summed E-state index contributed by atoms with van der Waals surface area (Å²) in [5, 5.41) is 17.5. The molecular formula is C23H19N9O2S. The van der Waals surface area contributed by atoms with Crippen LogP contribution in [0.15, 0.2) is 60.1 Å². The normalized spacial score (nSPS) is 13.9. The maximum atomic E-state index is 13.0. The van der Waals surface area contributed by atoms with Gasteiger partial charge >= 0.3 is 0 Å². The van der Waals surface area contributed by atoms with Gasteiger partial charge in [0, 0.05) is 49.0 Å². The zero-order chi connectivity index (χ0) is 23.8. The van der Waals surface area contributed by atoms with Gasteiger partial charge in [-0.15, -0.1) is 16.4 Å². The largest absolute Gasteiger partial charge is 0.337 e. The Labute approximate surface area is 203 Å². The Kier molecular flexibility index (Phi) is 5.26. The minimum atomic E-state index is -0.0817. The summed E-state index contributed by atoms with van der Waals surface area (Å²) in [4.78, 5) is 37.7. The number of anilines is 2. The highest BCUT2D eigenvalue weighted by Crippen LogP contribution is 2.23. The monoisotopic (exact) mass is 485 g/mol. The zero-order valence-electron chi connectivity index (χ0n) is 18.4. The number of rotatable bonds is 4. The van der Waals surface area contributed by atoms with E-state index in [2.05, 4.69) is 30.8 Å². The lowest BCUT2D eigenvalue weighted by molar-refractivity contribution is 0.0535. The Bertz CT molecular complexity index is 1520. The van der Waals surface area contributed by atoms with Crippen molar-refractivity contribution in [1.29, 1.82) is 0 Å². The molecule has 2 amide bonds. The third-order valence-corrected chi connectivity index (χ3v) is 6.65. The van der Waals surface area contributed by atoms with E-state index in [1.54, 1.807) is 38.0 Å². The van der Waals surface area contributed by atoms with Gasteiger partial charge in [0.25, 0.3) is 11.8 Å². The van der Waals surface area contributed by atoms with Crippen molar-refractivity contribution in [1.82, 2.24) is 39.8 Å². The summed E-state index contributed by atoms with van der Waals surface area (Å²) in [5.74, 6) is 0.376. The van der Waals surface area contributed by atoms with Crippen molar-refractivity contribution in [3.05, 3.63) is 70.7 Å². The summed E-state index contributed by atoms with van der Waals surface area (Å²) < 4.78 is 1.64. The number of hydrogen-bond donors (Lipinski definition) is 1. The number of carbonyl (C=O) groups is 2. The van der Waals surface area contributed by atoms with Crippen LogP contribution in [0.5, 0.6) is 0 Å². The number of aromatic nitrogens is 6. The molecule has 2 aromatic carbocycles. The van der Waals surface area contributed by atoms with E-state index in [-0.39, 0.29) is 11.8 Å². The molecule has 4 heterocycles. The van der Waals surface area contributed by atoms with Gasteiger partial charge in [-0.1, -0.05) is 12.1 Å². The van der Waals surface area contributed by atoms with Gasteiger partial charge < -0.3 is 15.1 Å². The molecule has 0 radical (unpaired) electrons. The van der Waals surface area contributed by atoms with Crippen LogP contribution in [0.1, 0.15) is 20.2 Å². The van der Waals surface area contributed by atoms with Gasteiger partial charge in [-0.2, -0.15) is 4.52 Å². The predicted molar refractivity (Wildman–Crippen MR) is 130 cm³/mol. The second-order valence-corrected chi connectivity index (χ2v) is 8.88. The Morgan fingerprint density at radius 3 is 2.40 bits per heavy atom. The molecule has 1 aliphatic rings. The van der Waals surface area contributed by atoms with Crippen LogP contribution in [0.4, 0.5) is 11.5 Å². The highest BCUT2D eigenvalue weighted by molar-refractivity contribution is 7.11. The van der Waals surface area contributed by atoms with Crippen molar-refractivity contribution in [3.8, 4) is 0 Å². The molecule has 11 nitrogen and oxygen atoms in total. The van der Waals surface area contributed by atoms with Crippen molar-refractivity contribution >= 4 is 51.3 Å². The van der Waals surface area contributed by atoms with E-state index >= 15 is 0 Å². The Morgan fingerprint density at radius 2 is 1.66 bits per heavy atom. The van der Waals surface area contributed by atoms with Crippen LogP contribution in [-0.4, -0.2) is 77.8 Å². The molecule has 6 rings (SSSR count). The fraction of sp³-hybridized carbons (Fsp3) is 0.174. The number of nitrogens with one attached hydrogen (secondary N) is 1. The van der Waals surface area contributed by atoms with Gasteiger partial charge in [-0.05, 0) is 46.8 Å². The van der Waals surface area contributed by atoms with Gasteiger partial charge in [-0.3, -0.25) is 9.59 Å². The third-order valence-electron chi connectivity index (χ3n) is 5.89. The molecule has 3 aromatic heterocycles. The van der Waals surface area contributed by atoms with Crippen molar-refractivity contribution in [2.45, 2.75) is 0 Å². The molecule has 5 aromatic rings. The molecule has 12 heteroatoms. The van der Waals surface area contributed by atoms with E-state index in [0.717, 1.165) is 16.7 Å². The molecule has 1 saturated heterocycles. The molecule has 35 heavy (non-hydrogen) atoms. The van der Waals surface area contributed by atoms with E-state index < -0.39 is 0 Å². The van der Waals surface area contributed by atoms with Crippen molar-refractivity contribution in [3.63, 3.8) is 0 Å². The Hall–Kier alpha value is -4.45. The number of thiazole rings is 1. The summed E-state index contributed by atoms with van der Waals surface area (Å²) in [6, 6.07) is 14.8. The topological polar surface area (TPSA) is 122 Å². The first-order chi connectivity index (χ1) is 17.2. The van der Waals surface area contributed by atoms with Crippen LogP contribution < -0.4 is 5.32 Å². The molecule has 0 aliphatic carbocycles. The molecule has 0 atom stereocenters. The van der Waals surface area contributed by atoms with E-state index in [0.29, 0.717) is 48.2 Å². The Morgan fingerprint density at radius 1 is 0.914 bits per heavy atom. The summed E-state index contributed by atoms with van der Waals surface area (Å²) >= 11 is 1.33. The number of piperazine rings is 1. The van der Waals surface area contributed by atoms with Gasteiger partial charge in [-0.25, -0.2) is 9.97 Å². The van der Waals surface area contributed by atoms with E-state index in [9.17, 15) is 9.59 Å². The van der Waals surface area contributed by atoms with E-state index in [1.807, 2.05) is 36.4 Å². The summed E-state index contributed by atoms with van der Waals surface area (Å²) in [6.07, 6.45) is 1.62. The molecule has 174 valence electrons. The quantitative estimate of drug-likeness (QED) is 0.412. The van der Waals surface area contributed by atoms with Crippen LogP contribution >= 0.6 is 11.3 Å². The van der Waals surface area contributed by atoms with Gasteiger partial charge in [0.1, 0.15) is 0 Å². The van der Waals surface area contributed by atoms with Crippen LogP contribution in [0, 0.1) is 0 Å². The first kappa shape index (κ1) is 21.1. The number of hydrogen-bond acceptors (Lipinski definition) is 9. The highest BCUT2D eigenvalue weighted by atomic mass is 32.1. The average Bonchev–Trinajstić information content (AvgIpc) is 3.62. The number of para-hydroxylation sites is 2. The van der Waals surface area contributed by atoms with Gasteiger partial charge in [0.05, 0.1) is 11.0 Å². The van der Waals surface area contributed by atoms with Crippen LogP contribution in [0.3, 0.4) is 0 Å². The first-order valence-corrected chi connectivity index (χ1v) is 11.9. The lowest BCUT2D eigenvalue weighted by Gasteiger charge is -2.34. The van der Waals surface area contributed by atoms with Gasteiger partial charge in [0.15, 0.2) is 10.8 Å². The molecule has 1 fully saturated rings. The fourth-order valence-corrected chi connectivity index (χ4v) is 4.68. The second kappa shape index (κ2) is 8.72. The van der Waals surface area contributed by atoms with Crippen LogP contribution in [-0.2, 0) is 0 Å². The van der Waals surface area contributed by atoms with Crippen LogP contribution in [0.2, 0.25) is 0 Å². The molecule has 1 aliphatic heterocycles. The molecule has 0 spiro atoms. The number of tetrazole rings is 1. The molecule has 1 N–H and O–H groups in total. The fourth-order valence-electron chi connectivity index (χ4n) is 4.08. The minimum Gasteiger partial charge on any atom is -0.337 e. The molecular weight excluding hydrogens is 466 g/mol. The lowest BCUT2D eigenvalue weighted by atomic mass is 10.1.